The summed E-state index contributed by atoms with van der Waals surface area (Å²) in [5.41, 5.74) is -0.372. The van der Waals surface area contributed by atoms with Crippen molar-refractivity contribution in [3.05, 3.63) is 0 Å². The van der Waals surface area contributed by atoms with Crippen LogP contribution in [0.25, 0.3) is 0 Å². The van der Waals surface area contributed by atoms with Crippen LogP contribution in [0.1, 0.15) is 47.0 Å². The van der Waals surface area contributed by atoms with Crippen LogP contribution in [0.3, 0.4) is 0 Å². The monoisotopic (exact) mass is 299 g/mol. The Morgan fingerprint density at radius 3 is 2.19 bits per heavy atom. The number of carboxylic acid groups (broad SMARTS) is 1. The van der Waals surface area contributed by atoms with E-state index < -0.39 is 18.0 Å². The second-order valence-corrected chi connectivity index (χ2v) is 6.62. The first-order valence-corrected chi connectivity index (χ1v) is 7.19. The number of urea groups is 1. The molecule has 0 aromatic heterocycles. The fourth-order valence-electron chi connectivity index (χ4n) is 1.97. The van der Waals surface area contributed by atoms with Gasteiger partial charge in [-0.25, -0.2) is 4.79 Å². The number of hydrogen-bond acceptors (Lipinski definition) is 3. The Morgan fingerprint density at radius 2 is 1.76 bits per heavy atom. The summed E-state index contributed by atoms with van der Waals surface area (Å²) in [6, 6.07) is -1.57. The summed E-state index contributed by atoms with van der Waals surface area (Å²) in [5, 5.41) is 16.8. The molecule has 0 radical (unpaired) electrons. The van der Waals surface area contributed by atoms with Crippen molar-refractivity contribution in [1.29, 1.82) is 0 Å². The highest BCUT2D eigenvalue weighted by Crippen LogP contribution is 2.33. The molecule has 0 spiro atoms. The Kier molecular flexibility index (Phi) is 5.57. The summed E-state index contributed by atoms with van der Waals surface area (Å²) in [7, 11) is 0. The van der Waals surface area contributed by atoms with E-state index in [1.165, 1.54) is 0 Å². The van der Waals surface area contributed by atoms with Crippen molar-refractivity contribution in [1.82, 2.24) is 16.0 Å². The molecule has 4 N–H and O–H groups in total. The van der Waals surface area contributed by atoms with E-state index in [2.05, 4.69) is 16.0 Å². The number of amides is 3. The highest BCUT2D eigenvalue weighted by Gasteiger charge is 2.34. The van der Waals surface area contributed by atoms with Gasteiger partial charge in [0.15, 0.2) is 0 Å². The minimum atomic E-state index is -0.939. The third-order valence-corrected chi connectivity index (χ3v) is 3.14. The molecule has 1 rings (SSSR count). The molecule has 0 saturated heterocycles. The van der Waals surface area contributed by atoms with Crippen molar-refractivity contribution in [2.24, 2.45) is 5.92 Å². The van der Waals surface area contributed by atoms with Crippen molar-refractivity contribution in [3.8, 4) is 0 Å². The quantitative estimate of drug-likeness (QED) is 0.583. The number of rotatable bonds is 6. The lowest BCUT2D eigenvalue weighted by atomic mass is 10.1. The van der Waals surface area contributed by atoms with E-state index in [0.29, 0.717) is 0 Å². The van der Waals surface area contributed by atoms with Crippen LogP contribution in [0.5, 0.6) is 0 Å². The smallest absolute Gasteiger partial charge is 0.315 e. The van der Waals surface area contributed by atoms with Crippen LogP contribution in [-0.4, -0.2) is 40.6 Å². The molecule has 120 valence electrons. The van der Waals surface area contributed by atoms with Gasteiger partial charge < -0.3 is 21.1 Å². The Morgan fingerprint density at radius 1 is 1.19 bits per heavy atom. The Labute approximate surface area is 124 Å². The van der Waals surface area contributed by atoms with Gasteiger partial charge in [0.05, 0.1) is 6.42 Å². The molecule has 0 bridgehead atoms. The average Bonchev–Trinajstić information content (AvgIpc) is 3.08. The van der Waals surface area contributed by atoms with E-state index in [1.807, 2.05) is 20.8 Å². The molecular weight excluding hydrogens is 274 g/mol. The first-order valence-electron chi connectivity index (χ1n) is 7.19. The molecule has 0 aromatic rings. The van der Waals surface area contributed by atoms with Gasteiger partial charge >= 0.3 is 12.0 Å². The minimum absolute atomic E-state index is 0.0966. The topological polar surface area (TPSA) is 108 Å². The largest absolute Gasteiger partial charge is 0.481 e. The second-order valence-electron chi connectivity index (χ2n) is 6.62. The van der Waals surface area contributed by atoms with Crippen LogP contribution >= 0.6 is 0 Å². The van der Waals surface area contributed by atoms with Crippen molar-refractivity contribution in [2.75, 3.05) is 0 Å². The number of carboxylic acids is 1. The van der Waals surface area contributed by atoms with Gasteiger partial charge in [0, 0.05) is 11.6 Å². The molecule has 3 amide bonds. The number of nitrogens with one attached hydrogen (secondary N) is 3. The first-order chi connectivity index (χ1) is 9.58. The van der Waals surface area contributed by atoms with E-state index >= 15 is 0 Å². The molecule has 7 heteroatoms. The molecule has 2 atom stereocenters. The molecule has 2 unspecified atom stereocenters. The van der Waals surface area contributed by atoms with E-state index in [0.717, 1.165) is 12.8 Å². The number of hydrogen-bond donors (Lipinski definition) is 4. The van der Waals surface area contributed by atoms with Gasteiger partial charge in [0.25, 0.3) is 0 Å². The van der Waals surface area contributed by atoms with Crippen molar-refractivity contribution < 1.29 is 19.5 Å². The molecule has 0 aromatic carbocycles. The van der Waals surface area contributed by atoms with Gasteiger partial charge in [0.2, 0.25) is 5.91 Å². The molecule has 7 nitrogen and oxygen atoms in total. The van der Waals surface area contributed by atoms with Crippen LogP contribution in [0.15, 0.2) is 0 Å². The fourth-order valence-corrected chi connectivity index (χ4v) is 1.97. The summed E-state index contributed by atoms with van der Waals surface area (Å²) >= 11 is 0. The molecule has 0 aliphatic heterocycles. The third-order valence-electron chi connectivity index (χ3n) is 3.14. The minimum Gasteiger partial charge on any atom is -0.481 e. The van der Waals surface area contributed by atoms with E-state index in [4.69, 9.17) is 5.11 Å². The maximum atomic E-state index is 11.9. The molecule has 1 aliphatic carbocycles. The lowest BCUT2D eigenvalue weighted by Crippen LogP contribution is -2.54. The maximum Gasteiger partial charge on any atom is 0.315 e. The third kappa shape index (κ3) is 6.97. The van der Waals surface area contributed by atoms with Crippen LogP contribution in [0, 0.1) is 5.92 Å². The summed E-state index contributed by atoms with van der Waals surface area (Å²) in [6.07, 6.45) is 1.76. The van der Waals surface area contributed by atoms with E-state index in [-0.39, 0.29) is 29.8 Å². The van der Waals surface area contributed by atoms with Gasteiger partial charge in [0.1, 0.15) is 6.04 Å². The van der Waals surface area contributed by atoms with Crippen LogP contribution in [0.4, 0.5) is 4.79 Å². The van der Waals surface area contributed by atoms with Crippen molar-refractivity contribution in [2.45, 2.75) is 64.6 Å². The summed E-state index contributed by atoms with van der Waals surface area (Å²) in [6.45, 7) is 7.15. The Balaban J connectivity index is 2.44. The molecule has 1 saturated carbocycles. The highest BCUT2D eigenvalue weighted by atomic mass is 16.4. The van der Waals surface area contributed by atoms with Crippen molar-refractivity contribution in [3.63, 3.8) is 0 Å². The maximum absolute atomic E-state index is 11.9. The van der Waals surface area contributed by atoms with E-state index in [1.54, 1.807) is 6.92 Å². The van der Waals surface area contributed by atoms with E-state index in [9.17, 15) is 14.4 Å². The van der Waals surface area contributed by atoms with Crippen LogP contribution in [-0.2, 0) is 9.59 Å². The highest BCUT2D eigenvalue weighted by molar-refractivity contribution is 5.87. The summed E-state index contributed by atoms with van der Waals surface area (Å²) in [4.78, 5) is 34.5. The zero-order valence-electron chi connectivity index (χ0n) is 13.0. The normalized spacial score (nSPS) is 17.5. The average molecular weight is 299 g/mol. The van der Waals surface area contributed by atoms with Gasteiger partial charge in [-0.15, -0.1) is 0 Å². The predicted octanol–water partition coefficient (Wildman–Crippen LogP) is 0.842. The molecule has 1 fully saturated rings. The lowest BCUT2D eigenvalue weighted by Gasteiger charge is -2.24. The van der Waals surface area contributed by atoms with Gasteiger partial charge in [-0.3, -0.25) is 9.59 Å². The zero-order valence-corrected chi connectivity index (χ0v) is 13.0. The first kappa shape index (κ1) is 17.3. The fraction of sp³-hybridized carbons (Fsp3) is 0.786. The summed E-state index contributed by atoms with van der Waals surface area (Å²) < 4.78 is 0. The molecule has 21 heavy (non-hydrogen) atoms. The second kappa shape index (κ2) is 6.78. The molecule has 0 heterocycles. The summed E-state index contributed by atoms with van der Waals surface area (Å²) in [5.74, 6) is -0.991. The Hall–Kier alpha value is -1.79. The number of aliphatic carboxylic acids is 1. The van der Waals surface area contributed by atoms with Gasteiger partial charge in [-0.2, -0.15) is 0 Å². The predicted molar refractivity (Wildman–Crippen MR) is 77.8 cm³/mol. The van der Waals surface area contributed by atoms with Crippen LogP contribution in [0.2, 0.25) is 0 Å². The SMILES string of the molecule is CC(NC(=O)NC(CC(=O)O)C1CC1)C(=O)NC(C)(C)C. The zero-order chi connectivity index (χ0) is 16.2. The molecular formula is C14H25N3O4. The standard InChI is InChI=1S/C14H25N3O4/c1-8(12(20)17-14(2,3)4)15-13(21)16-10(7-11(18)19)9-5-6-9/h8-10H,5-7H2,1-4H3,(H,17,20)(H,18,19)(H2,15,16,21). The van der Waals surface area contributed by atoms with Crippen molar-refractivity contribution >= 4 is 17.9 Å². The number of carbonyl (C=O) groups excluding carboxylic acids is 2. The molecule has 1 aliphatic rings. The van der Waals surface area contributed by atoms with Crippen LogP contribution < -0.4 is 16.0 Å². The number of carbonyl (C=O) groups is 3. The van der Waals surface area contributed by atoms with Gasteiger partial charge in [-0.1, -0.05) is 0 Å². The van der Waals surface area contributed by atoms with Gasteiger partial charge in [-0.05, 0) is 46.5 Å². The lowest BCUT2D eigenvalue weighted by molar-refractivity contribution is -0.137. The Bertz CT molecular complexity index is 413.